The van der Waals surface area contributed by atoms with Gasteiger partial charge in [0, 0.05) is 0 Å². The van der Waals surface area contributed by atoms with Gasteiger partial charge < -0.3 is 10.4 Å². The van der Waals surface area contributed by atoms with Crippen molar-refractivity contribution < 1.29 is 14.7 Å². The highest BCUT2D eigenvalue weighted by molar-refractivity contribution is 5.97. The van der Waals surface area contributed by atoms with Crippen LogP contribution >= 0.6 is 0 Å². The van der Waals surface area contributed by atoms with Crippen LogP contribution in [0.4, 0.5) is 0 Å². The summed E-state index contributed by atoms with van der Waals surface area (Å²) in [7, 11) is 0. The molecule has 6 heteroatoms. The lowest BCUT2D eigenvalue weighted by Crippen LogP contribution is -2.38. The summed E-state index contributed by atoms with van der Waals surface area (Å²) in [5.74, 6) is -1.45. The second-order valence-electron chi connectivity index (χ2n) is 5.88. The van der Waals surface area contributed by atoms with Crippen LogP contribution in [-0.4, -0.2) is 32.8 Å². The van der Waals surface area contributed by atoms with Crippen LogP contribution in [0.2, 0.25) is 0 Å². The van der Waals surface area contributed by atoms with E-state index < -0.39 is 17.9 Å². The number of nitrogens with one attached hydrogen (secondary N) is 1. The van der Waals surface area contributed by atoms with Gasteiger partial charge in [-0.3, -0.25) is 9.59 Å². The Morgan fingerprint density at radius 3 is 2.30 bits per heavy atom. The molecule has 1 amide bonds. The predicted octanol–water partition coefficient (Wildman–Crippen LogP) is 2.51. The first-order chi connectivity index (χ1) is 10.8. The molecule has 6 nitrogen and oxygen atoms in total. The number of aromatic nitrogens is 2. The first-order valence-corrected chi connectivity index (χ1v) is 7.50. The molecular weight excluding hydrogens is 294 g/mol. The van der Waals surface area contributed by atoms with Crippen LogP contribution in [0.3, 0.4) is 0 Å². The van der Waals surface area contributed by atoms with Crippen molar-refractivity contribution in [2.75, 3.05) is 0 Å². The third-order valence-corrected chi connectivity index (χ3v) is 3.59. The zero-order valence-corrected chi connectivity index (χ0v) is 13.7. The summed E-state index contributed by atoms with van der Waals surface area (Å²) in [6, 6.07) is 6.89. The van der Waals surface area contributed by atoms with E-state index in [1.54, 1.807) is 4.68 Å². The van der Waals surface area contributed by atoms with Gasteiger partial charge in [-0.05, 0) is 31.9 Å². The number of carbonyl (C=O) groups excluding carboxylic acids is 1. The molecule has 23 heavy (non-hydrogen) atoms. The number of carboxylic acids is 1. The SMILES string of the molecule is Cc1ccc(-n2ncc(C(=O)N[C@@H](C)C(=O)O)c2C(C)C)cc1. The molecule has 1 aromatic heterocycles. The number of benzene rings is 1. The Labute approximate surface area is 135 Å². The maximum atomic E-state index is 12.4. The van der Waals surface area contributed by atoms with Crippen molar-refractivity contribution in [2.45, 2.75) is 39.7 Å². The minimum absolute atomic E-state index is 0.0553. The monoisotopic (exact) mass is 315 g/mol. The number of aryl methyl sites for hydroxylation is 1. The zero-order valence-electron chi connectivity index (χ0n) is 13.7. The minimum Gasteiger partial charge on any atom is -0.480 e. The fourth-order valence-electron chi connectivity index (χ4n) is 2.32. The van der Waals surface area contributed by atoms with E-state index in [-0.39, 0.29) is 5.92 Å². The number of rotatable bonds is 5. The highest BCUT2D eigenvalue weighted by Gasteiger charge is 2.23. The lowest BCUT2D eigenvalue weighted by molar-refractivity contribution is -0.138. The number of nitrogens with zero attached hydrogens (tertiary/aromatic N) is 2. The molecule has 0 bridgehead atoms. The molecule has 0 aliphatic heterocycles. The Bertz CT molecular complexity index is 717. The molecule has 0 radical (unpaired) electrons. The third-order valence-electron chi connectivity index (χ3n) is 3.59. The first kappa shape index (κ1) is 16.7. The van der Waals surface area contributed by atoms with Gasteiger partial charge in [-0.1, -0.05) is 31.5 Å². The smallest absolute Gasteiger partial charge is 0.325 e. The van der Waals surface area contributed by atoms with Crippen molar-refractivity contribution >= 4 is 11.9 Å². The number of hydrogen-bond acceptors (Lipinski definition) is 3. The largest absolute Gasteiger partial charge is 0.480 e. The molecule has 0 aliphatic carbocycles. The van der Waals surface area contributed by atoms with Gasteiger partial charge in [0.2, 0.25) is 0 Å². The third kappa shape index (κ3) is 3.59. The van der Waals surface area contributed by atoms with Gasteiger partial charge in [-0.25, -0.2) is 4.68 Å². The van der Waals surface area contributed by atoms with Crippen molar-refractivity contribution in [3.05, 3.63) is 47.3 Å². The zero-order chi connectivity index (χ0) is 17.1. The molecule has 0 aliphatic rings. The molecule has 0 fully saturated rings. The summed E-state index contributed by atoms with van der Waals surface area (Å²) in [5, 5.41) is 15.7. The molecular formula is C17H21N3O3. The first-order valence-electron chi connectivity index (χ1n) is 7.50. The minimum atomic E-state index is -1.07. The van der Waals surface area contributed by atoms with Crippen LogP contribution in [0, 0.1) is 6.92 Å². The number of carboxylic acid groups (broad SMARTS) is 1. The van der Waals surface area contributed by atoms with Crippen molar-refractivity contribution in [1.29, 1.82) is 0 Å². The van der Waals surface area contributed by atoms with Crippen molar-refractivity contribution in [1.82, 2.24) is 15.1 Å². The Kier molecular flexibility index (Phi) is 4.83. The van der Waals surface area contributed by atoms with Crippen LogP contribution < -0.4 is 5.32 Å². The van der Waals surface area contributed by atoms with E-state index in [0.717, 1.165) is 16.9 Å². The van der Waals surface area contributed by atoms with E-state index in [2.05, 4.69) is 10.4 Å². The fourth-order valence-corrected chi connectivity index (χ4v) is 2.32. The summed E-state index contributed by atoms with van der Waals surface area (Å²) in [6.45, 7) is 7.38. The second kappa shape index (κ2) is 6.64. The molecule has 1 heterocycles. The number of hydrogen-bond donors (Lipinski definition) is 2. The van der Waals surface area contributed by atoms with Crippen LogP contribution in [0.5, 0.6) is 0 Å². The molecule has 0 unspecified atom stereocenters. The van der Waals surface area contributed by atoms with Crippen LogP contribution in [0.15, 0.2) is 30.5 Å². The maximum absolute atomic E-state index is 12.4. The molecule has 122 valence electrons. The Balaban J connectivity index is 2.41. The molecule has 1 atom stereocenters. The molecule has 2 rings (SSSR count). The van der Waals surface area contributed by atoms with Gasteiger partial charge >= 0.3 is 5.97 Å². The van der Waals surface area contributed by atoms with Crippen molar-refractivity contribution in [2.24, 2.45) is 0 Å². The van der Waals surface area contributed by atoms with E-state index in [9.17, 15) is 9.59 Å². The standard InChI is InChI=1S/C17H21N3O3/c1-10(2)15-14(16(21)19-12(4)17(22)23)9-18-20(15)13-7-5-11(3)6-8-13/h5-10,12H,1-4H3,(H,19,21)(H,22,23)/t12-/m0/s1. The number of carbonyl (C=O) groups is 2. The summed E-state index contributed by atoms with van der Waals surface area (Å²) < 4.78 is 1.73. The molecule has 0 spiro atoms. The van der Waals surface area contributed by atoms with E-state index in [4.69, 9.17) is 5.11 Å². The van der Waals surface area contributed by atoms with E-state index in [0.29, 0.717) is 5.56 Å². The molecule has 1 aromatic carbocycles. The summed E-state index contributed by atoms with van der Waals surface area (Å²) in [5.41, 5.74) is 3.16. The van der Waals surface area contributed by atoms with Gasteiger partial charge in [-0.15, -0.1) is 0 Å². The van der Waals surface area contributed by atoms with Gasteiger partial charge in [-0.2, -0.15) is 5.10 Å². The van der Waals surface area contributed by atoms with Gasteiger partial charge in [0.15, 0.2) is 0 Å². The van der Waals surface area contributed by atoms with E-state index >= 15 is 0 Å². The van der Waals surface area contributed by atoms with Gasteiger partial charge in [0.1, 0.15) is 6.04 Å². The van der Waals surface area contributed by atoms with Crippen molar-refractivity contribution in [3.63, 3.8) is 0 Å². The summed E-state index contributed by atoms with van der Waals surface area (Å²) in [4.78, 5) is 23.3. The average Bonchev–Trinajstić information content (AvgIpc) is 2.92. The predicted molar refractivity (Wildman–Crippen MR) is 87.0 cm³/mol. The number of aliphatic carboxylic acids is 1. The molecule has 2 N–H and O–H groups in total. The normalized spacial score (nSPS) is 12.2. The summed E-state index contributed by atoms with van der Waals surface area (Å²) >= 11 is 0. The van der Waals surface area contributed by atoms with Crippen LogP contribution in [0.1, 0.15) is 48.3 Å². The molecule has 2 aromatic rings. The van der Waals surface area contributed by atoms with Gasteiger partial charge in [0.25, 0.3) is 5.91 Å². The Hall–Kier alpha value is -2.63. The lowest BCUT2D eigenvalue weighted by Gasteiger charge is -2.14. The topological polar surface area (TPSA) is 84.2 Å². The average molecular weight is 315 g/mol. The highest BCUT2D eigenvalue weighted by atomic mass is 16.4. The lowest BCUT2D eigenvalue weighted by atomic mass is 10.0. The number of amides is 1. The van der Waals surface area contributed by atoms with Crippen LogP contribution in [-0.2, 0) is 4.79 Å². The Morgan fingerprint density at radius 1 is 1.17 bits per heavy atom. The highest BCUT2D eigenvalue weighted by Crippen LogP contribution is 2.23. The van der Waals surface area contributed by atoms with Crippen molar-refractivity contribution in [3.8, 4) is 5.69 Å². The molecule has 0 saturated carbocycles. The second-order valence-corrected chi connectivity index (χ2v) is 5.88. The quantitative estimate of drug-likeness (QED) is 0.888. The van der Waals surface area contributed by atoms with E-state index in [1.807, 2.05) is 45.0 Å². The maximum Gasteiger partial charge on any atom is 0.325 e. The van der Waals surface area contributed by atoms with Gasteiger partial charge in [0.05, 0.1) is 23.1 Å². The Morgan fingerprint density at radius 2 is 1.78 bits per heavy atom. The van der Waals surface area contributed by atoms with Crippen LogP contribution in [0.25, 0.3) is 5.69 Å². The summed E-state index contributed by atoms with van der Waals surface area (Å²) in [6.07, 6.45) is 1.49. The van der Waals surface area contributed by atoms with E-state index in [1.165, 1.54) is 13.1 Å². The fraction of sp³-hybridized carbons (Fsp3) is 0.353. The molecule has 0 saturated heterocycles.